The van der Waals surface area contributed by atoms with Crippen LogP contribution in [0.3, 0.4) is 0 Å². The Morgan fingerprint density at radius 2 is 1.20 bits per heavy atom. The Balaban J connectivity index is 1.61. The molecule has 0 saturated carbocycles. The van der Waals surface area contributed by atoms with E-state index in [2.05, 4.69) is 132 Å². The van der Waals surface area contributed by atoms with Gasteiger partial charge in [0.2, 0.25) is 0 Å². The normalized spacial score (nSPS) is 14.4. The molecule has 148 valence electrons. The zero-order valence-corrected chi connectivity index (χ0v) is 18.5. The molecule has 0 saturated heterocycles. The molecule has 0 unspecified atom stereocenters. The average Bonchev–Trinajstić information content (AvgIpc) is 3.07. The minimum Gasteiger partial charge on any atom is -0.344 e. The third-order valence-corrected chi connectivity index (χ3v) is 8.89. The Morgan fingerprint density at radius 1 is 0.633 bits per heavy atom. The van der Waals surface area contributed by atoms with Crippen molar-refractivity contribution in [3.8, 4) is 0 Å². The number of para-hydroxylation sites is 3. The largest absolute Gasteiger partial charge is 0.344 e. The van der Waals surface area contributed by atoms with Gasteiger partial charge >= 0.3 is 0 Å². The fourth-order valence-corrected chi connectivity index (χ4v) is 7.25. The molecule has 0 aliphatic carbocycles. The van der Waals surface area contributed by atoms with E-state index < -0.39 is 8.07 Å². The second-order valence-corrected chi connectivity index (χ2v) is 13.1. The molecule has 0 spiro atoms. The van der Waals surface area contributed by atoms with E-state index in [4.69, 9.17) is 0 Å². The van der Waals surface area contributed by atoms with Crippen LogP contribution in [0.2, 0.25) is 13.1 Å². The fraction of sp³-hybridized carbons (Fsp3) is 0.111. The molecule has 1 aliphatic heterocycles. The average molecular weight is 407 g/mol. The van der Waals surface area contributed by atoms with Gasteiger partial charge in [0, 0.05) is 34.6 Å². The summed E-state index contributed by atoms with van der Waals surface area (Å²) in [7, 11) is -1.47. The summed E-state index contributed by atoms with van der Waals surface area (Å²) in [6, 6.07) is 39.1. The second-order valence-electron chi connectivity index (χ2n) is 8.51. The van der Waals surface area contributed by atoms with E-state index in [9.17, 15) is 0 Å². The number of hydrogen-bond donors (Lipinski definition) is 0. The summed E-state index contributed by atoms with van der Waals surface area (Å²) in [6.07, 6.45) is 1.12. The van der Waals surface area contributed by atoms with Crippen LogP contribution < -0.4 is 15.0 Å². The van der Waals surface area contributed by atoms with Crippen LogP contribution in [-0.4, -0.2) is 14.2 Å². The molecule has 2 nitrogen and oxygen atoms in total. The molecule has 0 N–H and O–H groups in total. The van der Waals surface area contributed by atoms with Gasteiger partial charge in [-0.15, -0.1) is 0 Å². The van der Waals surface area contributed by atoms with Gasteiger partial charge in [-0.25, -0.2) is 0 Å². The Hall–Kier alpha value is -3.30. The first-order chi connectivity index (χ1) is 14.6. The van der Waals surface area contributed by atoms with Gasteiger partial charge in [-0.1, -0.05) is 73.8 Å². The van der Waals surface area contributed by atoms with Gasteiger partial charge in [0.25, 0.3) is 0 Å². The van der Waals surface area contributed by atoms with Crippen LogP contribution in [0.15, 0.2) is 109 Å². The smallest absolute Gasteiger partial charge is 0.105 e. The Kier molecular flexibility index (Phi) is 4.68. The first-order valence-electron chi connectivity index (χ1n) is 10.5. The number of hydrogen-bond acceptors (Lipinski definition) is 2. The molecule has 0 aromatic heterocycles. The van der Waals surface area contributed by atoms with E-state index in [0.29, 0.717) is 0 Å². The maximum atomic E-state index is 2.51. The summed E-state index contributed by atoms with van der Waals surface area (Å²) in [4.78, 5) is 4.84. The highest BCUT2D eigenvalue weighted by Gasteiger charge is 2.37. The van der Waals surface area contributed by atoms with Crippen molar-refractivity contribution < 1.29 is 0 Å². The number of rotatable bonds is 4. The van der Waals surface area contributed by atoms with Crippen molar-refractivity contribution in [3.63, 3.8) is 0 Å². The van der Waals surface area contributed by atoms with Crippen LogP contribution in [0.4, 0.5) is 28.4 Å². The fourth-order valence-electron chi connectivity index (χ4n) is 4.48. The van der Waals surface area contributed by atoms with E-state index >= 15 is 0 Å². The van der Waals surface area contributed by atoms with Gasteiger partial charge in [-0.3, -0.25) is 0 Å². The van der Waals surface area contributed by atoms with E-state index in [1.54, 1.807) is 5.19 Å². The topological polar surface area (TPSA) is 6.48 Å². The number of anilines is 5. The lowest BCUT2D eigenvalue weighted by Gasteiger charge is -2.28. The van der Waals surface area contributed by atoms with Crippen molar-refractivity contribution in [1.82, 2.24) is 0 Å². The van der Waals surface area contributed by atoms with Crippen molar-refractivity contribution in [2.75, 3.05) is 16.0 Å². The minimum absolute atomic E-state index is 1.12. The molecule has 4 aromatic carbocycles. The molecule has 4 aromatic rings. The van der Waals surface area contributed by atoms with Crippen LogP contribution in [-0.2, 0) is 0 Å². The maximum absolute atomic E-state index is 2.51. The van der Waals surface area contributed by atoms with Crippen LogP contribution >= 0.6 is 0 Å². The predicted octanol–water partition coefficient (Wildman–Crippen LogP) is 6.76. The third kappa shape index (κ3) is 3.31. The standard InChI is InChI=1S/C27H26N2Si/c1-30(2)21-28(26-18-9-10-19-27(26)30)24-16-11-17-25(20-24)29(22-12-5-3-6-13-22)23-14-7-4-8-15-23/h3-20H,21H2,1-2H3. The lowest BCUT2D eigenvalue weighted by Crippen LogP contribution is -2.42. The zero-order chi connectivity index (χ0) is 20.6. The SMILES string of the molecule is C[Si]1(C)CN(c2cccc(N(c3ccccc3)c3ccccc3)c2)c2ccccc21. The molecule has 0 bridgehead atoms. The summed E-state index contributed by atoms with van der Waals surface area (Å²) in [6.45, 7) is 4.94. The molecule has 0 amide bonds. The van der Waals surface area contributed by atoms with Crippen molar-refractivity contribution >= 4 is 41.7 Å². The summed E-state index contributed by atoms with van der Waals surface area (Å²) in [5.41, 5.74) is 6.13. The highest BCUT2D eigenvalue weighted by Crippen LogP contribution is 2.38. The summed E-state index contributed by atoms with van der Waals surface area (Å²) in [5.74, 6) is 0. The van der Waals surface area contributed by atoms with E-state index in [-0.39, 0.29) is 0 Å². The van der Waals surface area contributed by atoms with E-state index in [1.165, 1.54) is 17.1 Å². The maximum Gasteiger partial charge on any atom is 0.105 e. The van der Waals surface area contributed by atoms with Gasteiger partial charge in [0.15, 0.2) is 0 Å². The second kappa shape index (κ2) is 7.51. The van der Waals surface area contributed by atoms with E-state index in [0.717, 1.165) is 17.5 Å². The van der Waals surface area contributed by atoms with Crippen LogP contribution in [0.5, 0.6) is 0 Å². The Bertz CT molecular complexity index is 1120. The Labute approximate surface area is 180 Å². The Morgan fingerprint density at radius 3 is 1.87 bits per heavy atom. The monoisotopic (exact) mass is 406 g/mol. The molecule has 30 heavy (non-hydrogen) atoms. The molecule has 0 radical (unpaired) electrons. The van der Waals surface area contributed by atoms with Crippen molar-refractivity contribution in [2.45, 2.75) is 13.1 Å². The van der Waals surface area contributed by atoms with Crippen LogP contribution in [0, 0.1) is 0 Å². The predicted molar refractivity (Wildman–Crippen MR) is 132 cm³/mol. The lowest BCUT2D eigenvalue weighted by molar-refractivity contribution is 1.16. The van der Waals surface area contributed by atoms with Crippen LogP contribution in [0.25, 0.3) is 0 Å². The first kappa shape index (κ1) is 18.7. The number of benzene rings is 4. The summed E-state index contributed by atoms with van der Waals surface area (Å²) < 4.78 is 0. The van der Waals surface area contributed by atoms with Crippen molar-refractivity contribution in [3.05, 3.63) is 109 Å². The minimum atomic E-state index is -1.47. The lowest BCUT2D eigenvalue weighted by atomic mass is 10.1. The molecular weight excluding hydrogens is 380 g/mol. The van der Waals surface area contributed by atoms with E-state index in [1.807, 2.05) is 0 Å². The molecule has 5 rings (SSSR count). The molecule has 1 aliphatic rings. The summed E-state index contributed by atoms with van der Waals surface area (Å²) in [5, 5.41) is 1.55. The van der Waals surface area contributed by atoms with Gasteiger partial charge in [0.1, 0.15) is 8.07 Å². The van der Waals surface area contributed by atoms with Crippen molar-refractivity contribution in [2.24, 2.45) is 0 Å². The highest BCUT2D eigenvalue weighted by atomic mass is 28.3. The van der Waals surface area contributed by atoms with Crippen LogP contribution in [0.1, 0.15) is 0 Å². The summed E-state index contributed by atoms with van der Waals surface area (Å²) >= 11 is 0. The van der Waals surface area contributed by atoms with Crippen molar-refractivity contribution in [1.29, 1.82) is 0 Å². The molecule has 0 fully saturated rings. The third-order valence-electron chi connectivity index (χ3n) is 5.91. The van der Waals surface area contributed by atoms with Gasteiger partial charge in [0.05, 0.1) is 0 Å². The van der Waals surface area contributed by atoms with Gasteiger partial charge in [-0.05, 0) is 53.7 Å². The number of fused-ring (bicyclic) bond motifs is 1. The van der Waals surface area contributed by atoms with Gasteiger partial charge < -0.3 is 9.80 Å². The molecule has 3 heteroatoms. The number of nitrogens with zero attached hydrogens (tertiary/aromatic N) is 2. The zero-order valence-electron chi connectivity index (χ0n) is 17.5. The quantitative estimate of drug-likeness (QED) is 0.345. The first-order valence-corrected chi connectivity index (χ1v) is 13.7. The molecule has 0 atom stereocenters. The highest BCUT2D eigenvalue weighted by molar-refractivity contribution is 6.92. The molecule has 1 heterocycles. The van der Waals surface area contributed by atoms with Gasteiger partial charge in [-0.2, -0.15) is 0 Å². The molecular formula is C27H26N2Si.